The van der Waals surface area contributed by atoms with Gasteiger partial charge in [-0.1, -0.05) is 15.9 Å². The van der Waals surface area contributed by atoms with Crippen molar-refractivity contribution >= 4 is 74.3 Å². The number of fused-ring (bicyclic) bond motifs is 1. The first-order valence-corrected chi connectivity index (χ1v) is 16.9. The Balaban J connectivity index is 1.22. The fraction of sp³-hybridized carbons (Fsp3) is 0.200. The number of ether oxygens (including phenoxy) is 3. The molecule has 0 bridgehead atoms. The molecule has 20 heteroatoms. The van der Waals surface area contributed by atoms with Crippen LogP contribution in [0.1, 0.15) is 29.8 Å². The number of benzene rings is 2. The number of β-lactam (4-membered cyclic amide) rings is 1. The maximum Gasteiger partial charge on any atom is 0.420 e. The normalized spacial score (nSPS) is 18.4. The number of nitro benzene ring substituents is 2. The summed E-state index contributed by atoms with van der Waals surface area (Å²) in [5.41, 5.74) is 0.652. The third-order valence-electron chi connectivity index (χ3n) is 7.42. The second-order valence-electron chi connectivity index (χ2n) is 10.6. The summed E-state index contributed by atoms with van der Waals surface area (Å²) >= 11 is 5.74. The van der Waals surface area contributed by atoms with Gasteiger partial charge in [0.25, 0.3) is 17.3 Å². The van der Waals surface area contributed by atoms with Crippen molar-refractivity contribution in [1.82, 2.24) is 19.4 Å². The number of thioether (sulfide) groups is 1. The molecule has 6 rings (SSSR count). The highest BCUT2D eigenvalue weighted by molar-refractivity contribution is 9.10. The van der Waals surface area contributed by atoms with E-state index in [4.69, 9.17) is 14.2 Å². The summed E-state index contributed by atoms with van der Waals surface area (Å²) in [4.78, 5) is 83.3. The number of carbonyl (C=O) groups is 4. The fourth-order valence-electron chi connectivity index (χ4n) is 5.03. The molecule has 50 heavy (non-hydrogen) atoms. The fourth-order valence-corrected chi connectivity index (χ4v) is 7.92. The Morgan fingerprint density at radius 2 is 1.60 bits per heavy atom. The number of amides is 1. The first-order valence-electron chi connectivity index (χ1n) is 14.2. The Labute approximate surface area is 297 Å². The Hall–Kier alpha value is -5.47. The van der Waals surface area contributed by atoms with Gasteiger partial charge < -0.3 is 14.2 Å². The van der Waals surface area contributed by atoms with Gasteiger partial charge in [-0.15, -0.1) is 23.1 Å². The van der Waals surface area contributed by atoms with E-state index >= 15 is 0 Å². The number of non-ortho nitro benzene ring substituents is 2. The number of hydrogen-bond acceptors (Lipinski definition) is 15. The predicted molar refractivity (Wildman–Crippen MR) is 177 cm³/mol. The quantitative estimate of drug-likeness (QED) is 0.0474. The van der Waals surface area contributed by atoms with Crippen molar-refractivity contribution in [2.24, 2.45) is 0 Å². The molecule has 1 saturated heterocycles. The molecule has 0 spiro atoms. The lowest BCUT2D eigenvalue weighted by Gasteiger charge is -2.51. The maximum atomic E-state index is 13.8. The first kappa shape index (κ1) is 34.4. The Kier molecular flexibility index (Phi) is 9.49. The lowest BCUT2D eigenvalue weighted by molar-refractivity contribution is -0.385. The highest BCUT2D eigenvalue weighted by atomic mass is 79.9. The van der Waals surface area contributed by atoms with Crippen LogP contribution in [0.3, 0.4) is 0 Å². The summed E-state index contributed by atoms with van der Waals surface area (Å²) in [6, 6.07) is 10.9. The maximum absolute atomic E-state index is 13.8. The minimum atomic E-state index is -1.64. The van der Waals surface area contributed by atoms with Crippen LogP contribution in [-0.4, -0.2) is 62.9 Å². The number of nitro groups is 2. The first-order chi connectivity index (χ1) is 23.9. The molecular formula is C30H21BrN6O11S2. The van der Waals surface area contributed by atoms with E-state index in [-0.39, 0.29) is 41.8 Å². The number of halogens is 1. The summed E-state index contributed by atoms with van der Waals surface area (Å²) in [5.74, 6) is -2.20. The van der Waals surface area contributed by atoms with Gasteiger partial charge in [0.15, 0.2) is 21.3 Å². The van der Waals surface area contributed by atoms with Crippen molar-refractivity contribution in [1.29, 1.82) is 0 Å². The van der Waals surface area contributed by atoms with Gasteiger partial charge in [0.1, 0.15) is 30.0 Å². The van der Waals surface area contributed by atoms with Gasteiger partial charge in [-0.05, 0) is 35.4 Å². The van der Waals surface area contributed by atoms with Crippen LogP contribution in [-0.2, 0) is 41.8 Å². The standard InChI is InChI=1S/C30H21BrN6O11S2/c1-16(38)48-23(30(31)27(40)35-22(15-50-28(30)35)26(39)46-13-17-2-6-19(7-3-17)36(42)43)21-12-34(24(33-21)25-32-10-11-49-25)29(41)47-14-18-4-8-20(9-5-18)37(44)45/h2-12,15,23,28H,13-14H2,1H3/t23?,28-,30-/m0/s1. The summed E-state index contributed by atoms with van der Waals surface area (Å²) < 4.78 is 15.9. The minimum Gasteiger partial charge on any atom is -0.456 e. The molecule has 0 radical (unpaired) electrons. The number of nitrogens with zero attached hydrogens (tertiary/aromatic N) is 6. The zero-order valence-corrected chi connectivity index (χ0v) is 28.6. The SMILES string of the molecule is CC(=O)OC(c1cn(C(=O)OCc2ccc([N+](=O)[O-])cc2)c(-c2nccs2)n1)[C@]1(Br)C(=O)N2C(C(=O)OCc3ccc([N+](=O)[O-])cc3)=CS[C@H]21. The van der Waals surface area contributed by atoms with Crippen LogP contribution in [0, 0.1) is 20.2 Å². The average molecular weight is 786 g/mol. The van der Waals surface area contributed by atoms with Crippen LogP contribution in [0.4, 0.5) is 16.2 Å². The van der Waals surface area contributed by atoms with Crippen LogP contribution < -0.4 is 0 Å². The highest BCUT2D eigenvalue weighted by Crippen LogP contribution is 2.58. The molecule has 2 aromatic carbocycles. The van der Waals surface area contributed by atoms with Crippen molar-refractivity contribution in [2.75, 3.05) is 0 Å². The number of thiazole rings is 1. The Morgan fingerprint density at radius 3 is 2.14 bits per heavy atom. The molecule has 4 aromatic rings. The topological polar surface area (TPSA) is 216 Å². The largest absolute Gasteiger partial charge is 0.456 e. The highest BCUT2D eigenvalue weighted by Gasteiger charge is 2.69. The Bertz CT molecular complexity index is 2050. The monoisotopic (exact) mass is 784 g/mol. The minimum absolute atomic E-state index is 0.00245. The van der Waals surface area contributed by atoms with E-state index in [2.05, 4.69) is 25.9 Å². The second kappa shape index (κ2) is 13.8. The van der Waals surface area contributed by atoms with E-state index in [1.165, 1.54) is 71.2 Å². The number of rotatable bonds is 11. The van der Waals surface area contributed by atoms with Gasteiger partial charge in [-0.2, -0.15) is 0 Å². The summed E-state index contributed by atoms with van der Waals surface area (Å²) in [7, 11) is 0. The van der Waals surface area contributed by atoms with Gasteiger partial charge in [-0.25, -0.2) is 24.1 Å². The molecule has 1 amide bonds. The number of alkyl halides is 1. The van der Waals surface area contributed by atoms with E-state index in [1.54, 1.807) is 5.38 Å². The van der Waals surface area contributed by atoms with Gasteiger partial charge in [0.05, 0.1) is 9.85 Å². The van der Waals surface area contributed by atoms with E-state index in [1.807, 2.05) is 0 Å². The smallest absolute Gasteiger partial charge is 0.420 e. The molecule has 1 unspecified atom stereocenters. The Morgan fingerprint density at radius 1 is 1.00 bits per heavy atom. The molecule has 2 aromatic heterocycles. The average Bonchev–Trinajstić information content (AvgIpc) is 3.88. The van der Waals surface area contributed by atoms with E-state index in [9.17, 15) is 39.4 Å². The van der Waals surface area contributed by atoms with Crippen LogP contribution in [0.2, 0.25) is 0 Å². The number of aromatic nitrogens is 3. The molecule has 17 nitrogen and oxygen atoms in total. The second-order valence-corrected chi connectivity index (χ2v) is 13.8. The molecule has 2 aliphatic rings. The van der Waals surface area contributed by atoms with Crippen LogP contribution in [0.25, 0.3) is 10.8 Å². The summed E-state index contributed by atoms with van der Waals surface area (Å²) in [6.07, 6.45) is 0.461. The lowest BCUT2D eigenvalue weighted by atomic mass is 9.89. The molecular weight excluding hydrogens is 764 g/mol. The van der Waals surface area contributed by atoms with Gasteiger partial charge in [-0.3, -0.25) is 34.7 Å². The molecule has 256 valence electrons. The van der Waals surface area contributed by atoms with Gasteiger partial charge in [0.2, 0.25) is 0 Å². The molecule has 0 aliphatic carbocycles. The van der Waals surface area contributed by atoms with Crippen molar-refractivity contribution in [2.45, 2.75) is 35.9 Å². The van der Waals surface area contributed by atoms with Gasteiger partial charge >= 0.3 is 18.0 Å². The summed E-state index contributed by atoms with van der Waals surface area (Å²) in [6.45, 7) is 0.694. The van der Waals surface area contributed by atoms with E-state index < -0.39 is 49.6 Å². The van der Waals surface area contributed by atoms with Crippen molar-refractivity contribution in [3.05, 3.63) is 114 Å². The van der Waals surface area contributed by atoms with Crippen molar-refractivity contribution in [3.8, 4) is 10.8 Å². The molecule has 0 N–H and O–H groups in total. The van der Waals surface area contributed by atoms with Crippen molar-refractivity contribution in [3.63, 3.8) is 0 Å². The number of hydrogen-bond donors (Lipinski definition) is 0. The van der Waals surface area contributed by atoms with Crippen LogP contribution >= 0.6 is 39.0 Å². The number of imidazole rings is 1. The van der Waals surface area contributed by atoms with Crippen molar-refractivity contribution < 1.29 is 43.2 Å². The molecule has 3 atom stereocenters. The number of carbonyl (C=O) groups excluding carboxylic acids is 4. The van der Waals surface area contributed by atoms with Crippen LogP contribution in [0.5, 0.6) is 0 Å². The third-order valence-corrected chi connectivity index (χ3v) is 10.9. The third kappa shape index (κ3) is 6.46. The molecule has 2 aliphatic heterocycles. The summed E-state index contributed by atoms with van der Waals surface area (Å²) in [5, 5.41) is 24.5. The number of esters is 2. The van der Waals surface area contributed by atoms with Crippen LogP contribution in [0.15, 0.2) is 77.4 Å². The molecule has 4 heterocycles. The zero-order chi connectivity index (χ0) is 35.7. The molecule has 0 saturated carbocycles. The lowest BCUT2D eigenvalue weighted by Crippen LogP contribution is -2.70. The van der Waals surface area contributed by atoms with Gasteiger partial charge in [0, 0.05) is 54.4 Å². The predicted octanol–water partition coefficient (Wildman–Crippen LogP) is 5.25. The zero-order valence-electron chi connectivity index (χ0n) is 25.4. The van der Waals surface area contributed by atoms with E-state index in [0.29, 0.717) is 16.1 Å². The van der Waals surface area contributed by atoms with E-state index in [0.717, 1.165) is 34.6 Å². The molecule has 1 fully saturated rings.